The molecule has 0 aliphatic heterocycles. The van der Waals surface area contributed by atoms with Crippen molar-refractivity contribution in [2.45, 2.75) is 13.3 Å². The third kappa shape index (κ3) is 5.27. The van der Waals surface area contributed by atoms with E-state index >= 15 is 0 Å². The molecule has 0 spiro atoms. The zero-order valence-corrected chi connectivity index (χ0v) is 16.2. The summed E-state index contributed by atoms with van der Waals surface area (Å²) in [5.41, 5.74) is 2.36. The number of methoxy groups -OCH3 is 1. The second-order valence-electron chi connectivity index (χ2n) is 5.87. The van der Waals surface area contributed by atoms with E-state index in [1.807, 2.05) is 31.2 Å². The van der Waals surface area contributed by atoms with Gasteiger partial charge in [0.1, 0.15) is 10.8 Å². The molecule has 0 aliphatic carbocycles. The van der Waals surface area contributed by atoms with Crippen molar-refractivity contribution in [3.63, 3.8) is 0 Å². The molecule has 0 fully saturated rings. The van der Waals surface area contributed by atoms with E-state index in [0.29, 0.717) is 21.6 Å². The van der Waals surface area contributed by atoms with Gasteiger partial charge < -0.3 is 15.4 Å². The van der Waals surface area contributed by atoms with Gasteiger partial charge in [0.2, 0.25) is 11.0 Å². The van der Waals surface area contributed by atoms with E-state index in [2.05, 4.69) is 26.1 Å². The van der Waals surface area contributed by atoms with Gasteiger partial charge in [0.15, 0.2) is 0 Å². The lowest BCUT2D eigenvalue weighted by Gasteiger charge is -2.09. The molecule has 28 heavy (non-hydrogen) atoms. The molecule has 1 aromatic heterocycles. The molecule has 0 saturated heterocycles. The van der Waals surface area contributed by atoms with E-state index in [4.69, 9.17) is 4.74 Å². The molecule has 3 amide bonds. The number of carbonyl (C=O) groups excluding carboxylic acids is 2. The highest BCUT2D eigenvalue weighted by Gasteiger charge is 2.13. The number of carbonyl (C=O) groups is 2. The van der Waals surface area contributed by atoms with Crippen LogP contribution < -0.4 is 20.7 Å². The lowest BCUT2D eigenvalue weighted by molar-refractivity contribution is -0.115. The summed E-state index contributed by atoms with van der Waals surface area (Å²) in [6.45, 7) is 1.98. The van der Waals surface area contributed by atoms with Gasteiger partial charge in [0.25, 0.3) is 0 Å². The van der Waals surface area contributed by atoms with Crippen molar-refractivity contribution in [3.8, 4) is 5.75 Å². The number of rotatable bonds is 6. The van der Waals surface area contributed by atoms with Gasteiger partial charge in [0, 0.05) is 5.69 Å². The predicted octanol–water partition coefficient (Wildman–Crippen LogP) is 3.68. The number of anilines is 3. The van der Waals surface area contributed by atoms with Gasteiger partial charge in [-0.3, -0.25) is 10.1 Å². The first-order valence-corrected chi connectivity index (χ1v) is 9.25. The zero-order valence-electron chi connectivity index (χ0n) is 15.4. The number of benzene rings is 2. The molecule has 0 radical (unpaired) electrons. The summed E-state index contributed by atoms with van der Waals surface area (Å²) in [6.07, 6.45) is 0.0708. The molecule has 9 heteroatoms. The number of urea groups is 1. The van der Waals surface area contributed by atoms with Gasteiger partial charge >= 0.3 is 6.03 Å². The zero-order chi connectivity index (χ0) is 19.9. The minimum absolute atomic E-state index is 0.0708. The molecule has 2 aromatic carbocycles. The Morgan fingerprint density at radius 2 is 1.75 bits per heavy atom. The third-order valence-corrected chi connectivity index (χ3v) is 4.53. The van der Waals surface area contributed by atoms with Crippen LogP contribution in [-0.2, 0) is 11.2 Å². The fourth-order valence-electron chi connectivity index (χ4n) is 2.35. The van der Waals surface area contributed by atoms with Crippen LogP contribution >= 0.6 is 11.3 Å². The number of amides is 3. The summed E-state index contributed by atoms with van der Waals surface area (Å²) in [5, 5.41) is 16.7. The molecule has 3 rings (SSSR count). The molecule has 8 nitrogen and oxygen atoms in total. The van der Waals surface area contributed by atoms with Crippen molar-refractivity contribution in [1.29, 1.82) is 0 Å². The fourth-order valence-corrected chi connectivity index (χ4v) is 3.09. The Labute approximate surface area is 166 Å². The van der Waals surface area contributed by atoms with Crippen LogP contribution in [0.15, 0.2) is 48.5 Å². The van der Waals surface area contributed by atoms with Gasteiger partial charge in [-0.25, -0.2) is 4.79 Å². The highest BCUT2D eigenvalue weighted by atomic mass is 32.1. The van der Waals surface area contributed by atoms with Crippen molar-refractivity contribution >= 4 is 39.8 Å². The normalized spacial score (nSPS) is 10.2. The number of hydrogen-bond acceptors (Lipinski definition) is 6. The summed E-state index contributed by atoms with van der Waals surface area (Å²) in [4.78, 5) is 24.3. The van der Waals surface area contributed by atoms with E-state index in [0.717, 1.165) is 22.6 Å². The molecule has 0 aliphatic rings. The summed E-state index contributed by atoms with van der Waals surface area (Å²) in [7, 11) is 1.52. The van der Waals surface area contributed by atoms with E-state index in [-0.39, 0.29) is 12.3 Å². The third-order valence-electron chi connectivity index (χ3n) is 3.69. The quantitative estimate of drug-likeness (QED) is 0.588. The molecular weight excluding hydrogens is 378 g/mol. The molecule has 0 unspecified atom stereocenters. The molecule has 0 atom stereocenters. The van der Waals surface area contributed by atoms with E-state index in [1.54, 1.807) is 24.3 Å². The molecule has 1 heterocycles. The number of nitrogens with zero attached hydrogens (tertiary/aromatic N) is 2. The molecular formula is C19H19N5O3S. The fraction of sp³-hybridized carbons (Fsp3) is 0.158. The Kier molecular flexibility index (Phi) is 6.18. The monoisotopic (exact) mass is 397 g/mol. The van der Waals surface area contributed by atoms with Crippen LogP contribution in [0, 0.1) is 6.92 Å². The average molecular weight is 397 g/mol. The average Bonchev–Trinajstić information content (AvgIpc) is 3.10. The molecule has 0 saturated carbocycles. The van der Waals surface area contributed by atoms with Crippen molar-refractivity contribution in [1.82, 2.24) is 10.2 Å². The van der Waals surface area contributed by atoms with Gasteiger partial charge in [-0.05, 0) is 31.2 Å². The SMILES string of the molecule is COc1ccccc1NC(=O)Nc1nnc(CC(=O)Nc2ccc(C)cc2)s1. The van der Waals surface area contributed by atoms with Crippen LogP contribution in [0.25, 0.3) is 0 Å². The second kappa shape index (κ2) is 8.96. The Bertz CT molecular complexity index is 972. The second-order valence-corrected chi connectivity index (χ2v) is 6.93. The van der Waals surface area contributed by atoms with Gasteiger partial charge in [-0.15, -0.1) is 10.2 Å². The summed E-state index contributed by atoms with van der Waals surface area (Å²) in [6, 6.07) is 14.1. The van der Waals surface area contributed by atoms with Crippen molar-refractivity contribution in [2.75, 3.05) is 23.1 Å². The standard InChI is InChI=1S/C19H19N5O3S/c1-12-7-9-13(10-8-12)20-16(25)11-17-23-24-19(28-17)22-18(26)21-14-5-3-4-6-15(14)27-2/h3-10H,11H2,1-2H3,(H,20,25)(H2,21,22,24,26). The largest absolute Gasteiger partial charge is 0.495 e. The van der Waals surface area contributed by atoms with Gasteiger partial charge in [-0.1, -0.05) is 41.2 Å². The van der Waals surface area contributed by atoms with E-state index in [1.165, 1.54) is 7.11 Å². The number of nitrogens with one attached hydrogen (secondary N) is 3. The Morgan fingerprint density at radius 3 is 2.50 bits per heavy atom. The number of ether oxygens (including phenoxy) is 1. The minimum Gasteiger partial charge on any atom is -0.495 e. The first-order valence-electron chi connectivity index (χ1n) is 8.43. The maximum atomic E-state index is 12.1. The first-order chi connectivity index (χ1) is 13.5. The topological polar surface area (TPSA) is 105 Å². The lowest BCUT2D eigenvalue weighted by atomic mass is 10.2. The number of hydrogen-bond donors (Lipinski definition) is 3. The summed E-state index contributed by atoms with van der Waals surface area (Å²) < 4.78 is 5.19. The van der Waals surface area contributed by atoms with E-state index in [9.17, 15) is 9.59 Å². The molecule has 3 aromatic rings. The predicted molar refractivity (Wildman–Crippen MR) is 109 cm³/mol. The maximum absolute atomic E-state index is 12.1. The molecule has 0 bridgehead atoms. The molecule has 144 valence electrons. The van der Waals surface area contributed by atoms with Crippen LogP contribution in [0.1, 0.15) is 10.6 Å². The Balaban J connectivity index is 1.54. The van der Waals surface area contributed by atoms with Crippen LogP contribution in [0.5, 0.6) is 5.75 Å². The Morgan fingerprint density at radius 1 is 1.00 bits per heavy atom. The highest BCUT2D eigenvalue weighted by Crippen LogP contribution is 2.23. The maximum Gasteiger partial charge on any atom is 0.325 e. The van der Waals surface area contributed by atoms with Gasteiger partial charge in [-0.2, -0.15) is 0 Å². The van der Waals surface area contributed by atoms with E-state index < -0.39 is 6.03 Å². The van der Waals surface area contributed by atoms with Crippen LogP contribution in [0.3, 0.4) is 0 Å². The summed E-state index contributed by atoms with van der Waals surface area (Å²) in [5.74, 6) is 0.341. The lowest BCUT2D eigenvalue weighted by Crippen LogP contribution is -2.19. The number of aryl methyl sites for hydroxylation is 1. The van der Waals surface area contributed by atoms with Gasteiger partial charge in [0.05, 0.1) is 19.2 Å². The number of para-hydroxylation sites is 2. The molecule has 3 N–H and O–H groups in total. The van der Waals surface area contributed by atoms with Crippen molar-refractivity contribution in [3.05, 3.63) is 59.1 Å². The van der Waals surface area contributed by atoms with Crippen molar-refractivity contribution < 1.29 is 14.3 Å². The van der Waals surface area contributed by atoms with Crippen molar-refractivity contribution in [2.24, 2.45) is 0 Å². The van der Waals surface area contributed by atoms with Crippen LogP contribution in [-0.4, -0.2) is 29.2 Å². The first kappa shape index (κ1) is 19.3. The number of aromatic nitrogens is 2. The van der Waals surface area contributed by atoms with Crippen LogP contribution in [0.2, 0.25) is 0 Å². The highest BCUT2D eigenvalue weighted by molar-refractivity contribution is 7.15. The Hall–Kier alpha value is -3.46. The minimum atomic E-state index is -0.476. The smallest absolute Gasteiger partial charge is 0.325 e. The van der Waals surface area contributed by atoms with Crippen LogP contribution in [0.4, 0.5) is 21.3 Å². The summed E-state index contributed by atoms with van der Waals surface area (Å²) >= 11 is 1.14.